The van der Waals surface area contributed by atoms with E-state index in [-0.39, 0.29) is 12.5 Å². The number of carbonyl (C=O) groups is 1. The number of rotatable bonds is 5. The number of aryl methyl sites for hydroxylation is 1. The van der Waals surface area contributed by atoms with Gasteiger partial charge in [0, 0.05) is 36.2 Å². The first kappa shape index (κ1) is 12.6. The highest BCUT2D eigenvalue weighted by Crippen LogP contribution is 2.21. The number of benzene rings is 1. The number of H-pyrrole nitrogens is 1. The van der Waals surface area contributed by atoms with Crippen molar-refractivity contribution in [2.75, 3.05) is 6.61 Å². The molecule has 18 heavy (non-hydrogen) atoms. The molecule has 0 unspecified atom stereocenters. The van der Waals surface area contributed by atoms with Crippen molar-refractivity contribution < 1.29 is 9.90 Å². The number of fused-ring (bicyclic) bond motifs is 1. The van der Waals surface area contributed by atoms with Gasteiger partial charge in [0.15, 0.2) is 0 Å². The molecule has 0 spiro atoms. The molecule has 0 atom stereocenters. The lowest BCUT2D eigenvalue weighted by molar-refractivity contribution is -0.121. The van der Waals surface area contributed by atoms with E-state index in [9.17, 15) is 4.79 Å². The molecule has 1 aromatic carbocycles. The van der Waals surface area contributed by atoms with Crippen LogP contribution in [0.25, 0.3) is 10.9 Å². The van der Waals surface area contributed by atoms with Gasteiger partial charge in [-0.25, -0.2) is 0 Å². The van der Waals surface area contributed by atoms with E-state index >= 15 is 0 Å². The number of carbonyl (C=O) groups excluding carboxylic acids is 1. The zero-order valence-corrected chi connectivity index (χ0v) is 10.5. The van der Waals surface area contributed by atoms with E-state index in [1.165, 1.54) is 0 Å². The summed E-state index contributed by atoms with van der Waals surface area (Å²) in [6, 6.07) is 8.06. The summed E-state index contributed by atoms with van der Waals surface area (Å²) in [5.74, 6) is -0.0197. The van der Waals surface area contributed by atoms with Crippen LogP contribution in [-0.2, 0) is 11.3 Å². The molecule has 4 heteroatoms. The Balaban J connectivity index is 2.07. The lowest BCUT2D eigenvalue weighted by atomic mass is 10.1. The fourth-order valence-electron chi connectivity index (χ4n) is 2.08. The molecule has 1 amide bonds. The Kier molecular flexibility index (Phi) is 3.99. The Morgan fingerprint density at radius 2 is 2.17 bits per heavy atom. The van der Waals surface area contributed by atoms with Crippen LogP contribution in [0, 0.1) is 6.92 Å². The standard InChI is InChI=1S/C14H18N2O2/c1-10-12(9-15-14(18)7-4-8-17)11-5-2-3-6-13(11)16-10/h2-3,5-6,16-17H,4,7-9H2,1H3,(H,15,18). The van der Waals surface area contributed by atoms with Crippen LogP contribution in [0.4, 0.5) is 0 Å². The highest BCUT2D eigenvalue weighted by Gasteiger charge is 2.08. The minimum absolute atomic E-state index is 0.0197. The minimum atomic E-state index is -0.0197. The first-order valence-corrected chi connectivity index (χ1v) is 6.16. The predicted molar refractivity (Wildman–Crippen MR) is 71.2 cm³/mol. The van der Waals surface area contributed by atoms with E-state index in [2.05, 4.69) is 10.3 Å². The van der Waals surface area contributed by atoms with E-state index < -0.39 is 0 Å². The average molecular weight is 246 g/mol. The summed E-state index contributed by atoms with van der Waals surface area (Å²) in [5.41, 5.74) is 3.30. The maximum atomic E-state index is 11.5. The summed E-state index contributed by atoms with van der Waals surface area (Å²) in [5, 5.41) is 12.7. The van der Waals surface area contributed by atoms with Gasteiger partial charge in [-0.3, -0.25) is 4.79 Å². The molecule has 0 saturated carbocycles. The third kappa shape index (κ3) is 2.71. The maximum absolute atomic E-state index is 11.5. The van der Waals surface area contributed by atoms with Crippen molar-refractivity contribution in [1.82, 2.24) is 10.3 Å². The number of hydrogen-bond acceptors (Lipinski definition) is 2. The van der Waals surface area contributed by atoms with Gasteiger partial charge in [-0.1, -0.05) is 18.2 Å². The molecule has 0 aliphatic carbocycles. The zero-order chi connectivity index (χ0) is 13.0. The third-order valence-electron chi connectivity index (χ3n) is 3.05. The summed E-state index contributed by atoms with van der Waals surface area (Å²) >= 11 is 0. The van der Waals surface area contributed by atoms with Crippen LogP contribution in [0.15, 0.2) is 24.3 Å². The lowest BCUT2D eigenvalue weighted by Crippen LogP contribution is -2.22. The van der Waals surface area contributed by atoms with Gasteiger partial charge in [0.1, 0.15) is 0 Å². The maximum Gasteiger partial charge on any atom is 0.220 e. The first-order chi connectivity index (χ1) is 8.72. The monoisotopic (exact) mass is 246 g/mol. The number of aliphatic hydroxyl groups excluding tert-OH is 1. The van der Waals surface area contributed by atoms with Crippen molar-refractivity contribution in [2.24, 2.45) is 0 Å². The number of aliphatic hydroxyl groups is 1. The molecule has 0 saturated heterocycles. The van der Waals surface area contributed by atoms with Crippen molar-refractivity contribution in [3.05, 3.63) is 35.5 Å². The Morgan fingerprint density at radius 3 is 2.94 bits per heavy atom. The molecule has 0 radical (unpaired) electrons. The summed E-state index contributed by atoms with van der Waals surface area (Å²) in [6.07, 6.45) is 0.886. The van der Waals surface area contributed by atoms with Crippen molar-refractivity contribution in [3.8, 4) is 0 Å². The van der Waals surface area contributed by atoms with Gasteiger partial charge in [-0.15, -0.1) is 0 Å². The highest BCUT2D eigenvalue weighted by molar-refractivity contribution is 5.85. The highest BCUT2D eigenvalue weighted by atomic mass is 16.3. The minimum Gasteiger partial charge on any atom is -0.396 e. The second-order valence-corrected chi connectivity index (χ2v) is 4.38. The second-order valence-electron chi connectivity index (χ2n) is 4.38. The van der Waals surface area contributed by atoms with Crippen LogP contribution < -0.4 is 5.32 Å². The largest absolute Gasteiger partial charge is 0.396 e. The van der Waals surface area contributed by atoms with E-state index in [1.807, 2.05) is 31.2 Å². The molecule has 0 aliphatic rings. The Hall–Kier alpha value is -1.81. The second kappa shape index (κ2) is 5.69. The van der Waals surface area contributed by atoms with Gasteiger partial charge in [-0.2, -0.15) is 0 Å². The van der Waals surface area contributed by atoms with E-state index in [1.54, 1.807) is 0 Å². The summed E-state index contributed by atoms with van der Waals surface area (Å²) in [7, 11) is 0. The molecular formula is C14H18N2O2. The van der Waals surface area contributed by atoms with Gasteiger partial charge in [-0.05, 0) is 25.0 Å². The van der Waals surface area contributed by atoms with Crippen molar-refractivity contribution in [1.29, 1.82) is 0 Å². The molecule has 0 bridgehead atoms. The van der Waals surface area contributed by atoms with Crippen molar-refractivity contribution >= 4 is 16.8 Å². The number of aromatic nitrogens is 1. The number of nitrogens with one attached hydrogen (secondary N) is 2. The number of hydrogen-bond donors (Lipinski definition) is 3. The van der Waals surface area contributed by atoms with Crippen LogP contribution in [0.3, 0.4) is 0 Å². The van der Waals surface area contributed by atoms with Crippen LogP contribution in [0.1, 0.15) is 24.1 Å². The topological polar surface area (TPSA) is 65.1 Å². The number of amides is 1. The zero-order valence-electron chi connectivity index (χ0n) is 10.5. The van der Waals surface area contributed by atoms with Gasteiger partial charge in [0.05, 0.1) is 0 Å². The molecule has 2 aromatic rings. The molecule has 0 aliphatic heterocycles. The fourth-order valence-corrected chi connectivity index (χ4v) is 2.08. The van der Waals surface area contributed by atoms with E-state index in [4.69, 9.17) is 5.11 Å². The third-order valence-corrected chi connectivity index (χ3v) is 3.05. The molecule has 0 fully saturated rings. The van der Waals surface area contributed by atoms with Gasteiger partial charge < -0.3 is 15.4 Å². The lowest BCUT2D eigenvalue weighted by Gasteiger charge is -2.05. The summed E-state index contributed by atoms with van der Waals surface area (Å²) in [6.45, 7) is 2.59. The predicted octanol–water partition coefficient (Wildman–Crippen LogP) is 1.87. The van der Waals surface area contributed by atoms with E-state index in [0.717, 1.165) is 22.2 Å². The van der Waals surface area contributed by atoms with Gasteiger partial charge in [0.25, 0.3) is 0 Å². The normalized spacial score (nSPS) is 10.8. The SMILES string of the molecule is Cc1[nH]c2ccccc2c1CNC(=O)CCCO. The van der Waals surface area contributed by atoms with Crippen molar-refractivity contribution in [2.45, 2.75) is 26.3 Å². The van der Waals surface area contributed by atoms with E-state index in [0.29, 0.717) is 19.4 Å². The summed E-state index contributed by atoms with van der Waals surface area (Å²) in [4.78, 5) is 14.8. The van der Waals surface area contributed by atoms with Crippen LogP contribution >= 0.6 is 0 Å². The van der Waals surface area contributed by atoms with Crippen LogP contribution in [-0.4, -0.2) is 22.6 Å². The Morgan fingerprint density at radius 1 is 1.39 bits per heavy atom. The first-order valence-electron chi connectivity index (χ1n) is 6.16. The van der Waals surface area contributed by atoms with Gasteiger partial charge in [0.2, 0.25) is 5.91 Å². The smallest absolute Gasteiger partial charge is 0.220 e. The average Bonchev–Trinajstić information content (AvgIpc) is 2.69. The number of aromatic amines is 1. The molecule has 4 nitrogen and oxygen atoms in total. The van der Waals surface area contributed by atoms with Crippen LogP contribution in [0.5, 0.6) is 0 Å². The molecule has 1 aromatic heterocycles. The van der Waals surface area contributed by atoms with Crippen LogP contribution in [0.2, 0.25) is 0 Å². The Bertz CT molecular complexity index is 546. The number of para-hydroxylation sites is 1. The molecule has 3 N–H and O–H groups in total. The fraction of sp³-hybridized carbons (Fsp3) is 0.357. The molecule has 2 rings (SSSR count). The molecule has 1 heterocycles. The van der Waals surface area contributed by atoms with Crippen molar-refractivity contribution in [3.63, 3.8) is 0 Å². The van der Waals surface area contributed by atoms with Gasteiger partial charge >= 0.3 is 0 Å². The quantitative estimate of drug-likeness (QED) is 0.754. The molecule has 96 valence electrons. The Labute approximate surface area is 106 Å². The molecular weight excluding hydrogens is 228 g/mol. The summed E-state index contributed by atoms with van der Waals surface area (Å²) < 4.78 is 0.